The lowest BCUT2D eigenvalue weighted by atomic mass is 10.1. The lowest BCUT2D eigenvalue weighted by Crippen LogP contribution is -2.08. The number of carbonyl (C=O) groups is 1. The minimum atomic E-state index is -3.02. The maximum atomic E-state index is 11.9. The smallest absolute Gasteiger partial charge is 0.376 e. The van der Waals surface area contributed by atoms with Gasteiger partial charge in [-0.25, -0.2) is 18.2 Å². The third-order valence-electron chi connectivity index (χ3n) is 3.36. The number of carbonyl (C=O) groups excluding carboxylic acids is 1. The maximum Gasteiger partial charge on any atom is 0.376 e. The number of hydrogen-bond acceptors (Lipinski definition) is 6. The molecule has 7 heteroatoms. The van der Waals surface area contributed by atoms with Gasteiger partial charge in [0.05, 0.1) is 29.7 Å². The van der Waals surface area contributed by atoms with Crippen LogP contribution in [0.15, 0.2) is 4.42 Å². The zero-order chi connectivity index (χ0) is 15.6. The van der Waals surface area contributed by atoms with Gasteiger partial charge in [-0.05, 0) is 25.7 Å². The Bertz CT molecular complexity index is 617. The monoisotopic (exact) mass is 315 g/mol. The van der Waals surface area contributed by atoms with Crippen LogP contribution in [0.3, 0.4) is 0 Å². The predicted molar refractivity (Wildman–Crippen MR) is 77.0 cm³/mol. The highest BCUT2D eigenvalue weighted by Crippen LogP contribution is 2.30. The van der Waals surface area contributed by atoms with E-state index in [-0.39, 0.29) is 29.8 Å². The molecule has 0 spiro atoms. The Labute approximate surface area is 124 Å². The van der Waals surface area contributed by atoms with Crippen molar-refractivity contribution in [3.63, 3.8) is 0 Å². The quantitative estimate of drug-likeness (QED) is 0.772. The van der Waals surface area contributed by atoms with E-state index >= 15 is 0 Å². The molecule has 0 bridgehead atoms. The standard InChI is InChI=1S/C14H21NO5S/c1-4-19-14(16)12-11(7-9(2)3)15-13(20-12)10-5-6-21(17,18)8-10/h9-10H,4-8H2,1-3H3. The second-order valence-electron chi connectivity index (χ2n) is 5.75. The molecule has 0 aromatic carbocycles. The average molecular weight is 315 g/mol. The summed E-state index contributed by atoms with van der Waals surface area (Å²) in [6, 6.07) is 0. The van der Waals surface area contributed by atoms with E-state index in [2.05, 4.69) is 4.98 Å². The summed E-state index contributed by atoms with van der Waals surface area (Å²) in [5.41, 5.74) is 0.558. The number of sulfone groups is 1. The van der Waals surface area contributed by atoms with Crippen molar-refractivity contribution in [2.75, 3.05) is 18.1 Å². The van der Waals surface area contributed by atoms with Gasteiger partial charge >= 0.3 is 5.97 Å². The number of ether oxygens (including phenoxy) is 1. The van der Waals surface area contributed by atoms with Gasteiger partial charge in [0.25, 0.3) is 0 Å². The summed E-state index contributed by atoms with van der Waals surface area (Å²) in [5, 5.41) is 0. The van der Waals surface area contributed by atoms with Gasteiger partial charge in [-0.3, -0.25) is 0 Å². The molecule has 2 rings (SSSR count). The third kappa shape index (κ3) is 3.84. The first kappa shape index (κ1) is 16.0. The molecular formula is C14H21NO5S. The average Bonchev–Trinajstić information content (AvgIpc) is 2.92. The fraction of sp³-hybridized carbons (Fsp3) is 0.714. The van der Waals surface area contributed by atoms with E-state index in [0.29, 0.717) is 30.3 Å². The molecule has 1 atom stereocenters. The zero-order valence-electron chi connectivity index (χ0n) is 12.6. The molecule has 1 fully saturated rings. The van der Waals surface area contributed by atoms with Crippen LogP contribution in [0.5, 0.6) is 0 Å². The van der Waals surface area contributed by atoms with Crippen LogP contribution in [-0.2, 0) is 21.0 Å². The molecule has 1 unspecified atom stereocenters. The van der Waals surface area contributed by atoms with Crippen molar-refractivity contribution in [3.8, 4) is 0 Å². The van der Waals surface area contributed by atoms with Gasteiger partial charge in [0.15, 0.2) is 15.7 Å². The Hall–Kier alpha value is -1.37. The van der Waals surface area contributed by atoms with Crippen LogP contribution in [-0.4, -0.2) is 37.5 Å². The minimum absolute atomic E-state index is 0.0386. The molecule has 1 aliphatic heterocycles. The topological polar surface area (TPSA) is 86.5 Å². The number of esters is 1. The minimum Gasteiger partial charge on any atom is -0.460 e. The van der Waals surface area contributed by atoms with E-state index in [1.807, 2.05) is 13.8 Å². The molecule has 21 heavy (non-hydrogen) atoms. The summed E-state index contributed by atoms with van der Waals surface area (Å²) in [7, 11) is -3.02. The van der Waals surface area contributed by atoms with Crippen LogP contribution < -0.4 is 0 Å². The molecule has 0 aliphatic carbocycles. The number of nitrogens with zero attached hydrogens (tertiary/aromatic N) is 1. The third-order valence-corrected chi connectivity index (χ3v) is 5.13. The highest BCUT2D eigenvalue weighted by atomic mass is 32.2. The fourth-order valence-electron chi connectivity index (χ4n) is 2.42. The van der Waals surface area contributed by atoms with Gasteiger partial charge in [0.2, 0.25) is 5.76 Å². The van der Waals surface area contributed by atoms with Gasteiger partial charge in [0.1, 0.15) is 0 Å². The fourth-order valence-corrected chi connectivity index (χ4v) is 4.15. The first-order valence-corrected chi connectivity index (χ1v) is 9.01. The first-order valence-electron chi connectivity index (χ1n) is 7.19. The molecule has 0 amide bonds. The van der Waals surface area contributed by atoms with Crippen LogP contribution in [0, 0.1) is 5.92 Å². The van der Waals surface area contributed by atoms with Crippen molar-refractivity contribution in [1.29, 1.82) is 0 Å². The van der Waals surface area contributed by atoms with Crippen molar-refractivity contribution >= 4 is 15.8 Å². The Morgan fingerprint density at radius 1 is 1.48 bits per heavy atom. The van der Waals surface area contributed by atoms with Crippen LogP contribution in [0.1, 0.15) is 55.2 Å². The van der Waals surface area contributed by atoms with Crippen molar-refractivity contribution in [2.24, 2.45) is 5.92 Å². The Morgan fingerprint density at radius 2 is 2.19 bits per heavy atom. The van der Waals surface area contributed by atoms with Crippen LogP contribution >= 0.6 is 0 Å². The summed E-state index contributed by atoms with van der Waals surface area (Å²) in [5.74, 6) is 0.158. The van der Waals surface area contributed by atoms with E-state index in [9.17, 15) is 13.2 Å². The number of rotatable bonds is 5. The van der Waals surface area contributed by atoms with E-state index < -0.39 is 15.8 Å². The second kappa shape index (κ2) is 6.17. The van der Waals surface area contributed by atoms with Gasteiger partial charge in [-0.2, -0.15) is 0 Å². The normalized spacial score (nSPS) is 20.9. The Morgan fingerprint density at radius 3 is 2.71 bits per heavy atom. The highest BCUT2D eigenvalue weighted by molar-refractivity contribution is 7.91. The largest absolute Gasteiger partial charge is 0.460 e. The summed E-state index contributed by atoms with van der Waals surface area (Å²) in [6.07, 6.45) is 1.09. The molecular weight excluding hydrogens is 294 g/mol. The van der Waals surface area contributed by atoms with E-state index in [1.165, 1.54) is 0 Å². The SMILES string of the molecule is CCOC(=O)c1oc(C2CCS(=O)(=O)C2)nc1CC(C)C. The molecule has 1 aromatic rings. The van der Waals surface area contributed by atoms with E-state index in [4.69, 9.17) is 9.15 Å². The van der Waals surface area contributed by atoms with Gasteiger partial charge in [0, 0.05) is 0 Å². The second-order valence-corrected chi connectivity index (χ2v) is 7.98. The molecule has 1 aromatic heterocycles. The molecule has 6 nitrogen and oxygen atoms in total. The number of hydrogen-bond donors (Lipinski definition) is 0. The molecule has 118 valence electrons. The lowest BCUT2D eigenvalue weighted by Gasteiger charge is -2.02. The summed E-state index contributed by atoms with van der Waals surface area (Å²) in [4.78, 5) is 16.3. The number of aromatic nitrogens is 1. The van der Waals surface area contributed by atoms with Gasteiger partial charge in [-0.1, -0.05) is 13.8 Å². The molecule has 0 radical (unpaired) electrons. The summed E-state index contributed by atoms with van der Waals surface area (Å²) >= 11 is 0. The molecule has 1 saturated heterocycles. The Balaban J connectivity index is 2.29. The maximum absolute atomic E-state index is 11.9. The van der Waals surface area contributed by atoms with Gasteiger partial charge in [-0.15, -0.1) is 0 Å². The van der Waals surface area contributed by atoms with Crippen LogP contribution in [0.2, 0.25) is 0 Å². The van der Waals surface area contributed by atoms with Crippen LogP contribution in [0.25, 0.3) is 0 Å². The lowest BCUT2D eigenvalue weighted by molar-refractivity contribution is 0.0485. The van der Waals surface area contributed by atoms with E-state index in [1.54, 1.807) is 6.92 Å². The Kier molecular flexibility index (Phi) is 4.70. The van der Waals surface area contributed by atoms with Gasteiger partial charge < -0.3 is 9.15 Å². The predicted octanol–water partition coefficient (Wildman–Crippen LogP) is 1.95. The summed E-state index contributed by atoms with van der Waals surface area (Å²) < 4.78 is 33.7. The van der Waals surface area contributed by atoms with Crippen molar-refractivity contribution in [3.05, 3.63) is 17.3 Å². The highest BCUT2D eigenvalue weighted by Gasteiger charge is 2.34. The van der Waals surface area contributed by atoms with E-state index in [0.717, 1.165) is 0 Å². The van der Waals surface area contributed by atoms with Crippen molar-refractivity contribution in [1.82, 2.24) is 4.98 Å². The zero-order valence-corrected chi connectivity index (χ0v) is 13.4. The number of oxazole rings is 1. The molecule has 0 N–H and O–H groups in total. The first-order chi connectivity index (χ1) is 9.82. The van der Waals surface area contributed by atoms with Crippen LogP contribution in [0.4, 0.5) is 0 Å². The molecule has 2 heterocycles. The van der Waals surface area contributed by atoms with Crippen molar-refractivity contribution < 1.29 is 22.4 Å². The molecule has 1 aliphatic rings. The molecule has 0 saturated carbocycles. The van der Waals surface area contributed by atoms with Crippen molar-refractivity contribution in [2.45, 2.75) is 39.5 Å². The summed E-state index contributed by atoms with van der Waals surface area (Å²) in [6.45, 7) is 6.02.